The highest BCUT2D eigenvalue weighted by molar-refractivity contribution is 5.94. The fourth-order valence-corrected chi connectivity index (χ4v) is 2.46. The molecule has 0 aromatic heterocycles. The minimum Gasteiger partial charge on any atom is -0.480 e. The third-order valence-electron chi connectivity index (χ3n) is 3.85. The number of amides is 1. The number of carboxylic acid groups (broad SMARTS) is 1. The fourth-order valence-electron chi connectivity index (χ4n) is 2.46. The first-order valence-corrected chi connectivity index (χ1v) is 8.20. The van der Waals surface area contributed by atoms with Crippen molar-refractivity contribution in [3.63, 3.8) is 0 Å². The fraction of sp³-hybridized carbons (Fsp3) is 0.222. The molecule has 2 aromatic rings. The van der Waals surface area contributed by atoms with Gasteiger partial charge in [0.25, 0.3) is 5.69 Å². The van der Waals surface area contributed by atoms with Gasteiger partial charge in [0.2, 0.25) is 5.91 Å². The minimum atomic E-state index is -1.15. The highest BCUT2D eigenvalue weighted by Gasteiger charge is 2.21. The number of benzene rings is 2. The van der Waals surface area contributed by atoms with E-state index in [-0.39, 0.29) is 23.5 Å². The summed E-state index contributed by atoms with van der Waals surface area (Å²) in [5.41, 5.74) is 6.37. The zero-order chi connectivity index (χ0) is 19.8. The van der Waals surface area contributed by atoms with Crippen LogP contribution in [-0.2, 0) is 16.0 Å². The molecule has 0 saturated heterocycles. The van der Waals surface area contributed by atoms with E-state index in [2.05, 4.69) is 10.6 Å². The summed E-state index contributed by atoms with van der Waals surface area (Å²) >= 11 is 0. The Morgan fingerprint density at radius 1 is 1.19 bits per heavy atom. The molecule has 0 aliphatic rings. The number of nitrogens with two attached hydrogens (primary N) is 1. The van der Waals surface area contributed by atoms with Gasteiger partial charge < -0.3 is 21.5 Å². The van der Waals surface area contributed by atoms with E-state index in [1.807, 2.05) is 30.3 Å². The molecule has 2 rings (SSSR count). The third-order valence-corrected chi connectivity index (χ3v) is 3.85. The van der Waals surface area contributed by atoms with Crippen LogP contribution in [0.1, 0.15) is 12.0 Å². The predicted molar refractivity (Wildman–Crippen MR) is 100 cm³/mol. The number of nitro benzene ring substituents is 1. The average molecular weight is 372 g/mol. The van der Waals surface area contributed by atoms with E-state index < -0.39 is 22.8 Å². The Morgan fingerprint density at radius 3 is 2.52 bits per heavy atom. The molecule has 1 atom stereocenters. The van der Waals surface area contributed by atoms with Crippen LogP contribution in [0.15, 0.2) is 48.5 Å². The number of carbonyl (C=O) groups is 2. The summed E-state index contributed by atoms with van der Waals surface area (Å²) in [6.45, 7) is 0.390. The van der Waals surface area contributed by atoms with Crippen LogP contribution in [0.3, 0.4) is 0 Å². The first-order valence-electron chi connectivity index (χ1n) is 8.20. The Hall–Kier alpha value is -3.46. The molecule has 0 spiro atoms. The highest BCUT2D eigenvalue weighted by atomic mass is 16.6. The molecule has 0 heterocycles. The lowest BCUT2D eigenvalue weighted by molar-refractivity contribution is -0.383. The molecular weight excluding hydrogens is 352 g/mol. The number of nitro groups is 1. The SMILES string of the molecule is Nc1ccc(NC(=O)CC(NCCc2ccccc2)C(=O)O)cc1[N+](=O)[O-]. The summed E-state index contributed by atoms with van der Waals surface area (Å²) in [5, 5.41) is 25.5. The summed E-state index contributed by atoms with van der Waals surface area (Å²) in [5.74, 6) is -1.73. The van der Waals surface area contributed by atoms with Crippen molar-refractivity contribution in [1.29, 1.82) is 0 Å². The van der Waals surface area contributed by atoms with Crippen LogP contribution in [-0.4, -0.2) is 34.5 Å². The number of hydrogen-bond acceptors (Lipinski definition) is 6. The lowest BCUT2D eigenvalue weighted by Crippen LogP contribution is -2.40. The molecule has 2 aromatic carbocycles. The number of carboxylic acids is 1. The summed E-state index contributed by atoms with van der Waals surface area (Å²) in [4.78, 5) is 33.7. The van der Waals surface area contributed by atoms with Crippen LogP contribution >= 0.6 is 0 Å². The number of carbonyl (C=O) groups excluding carboxylic acids is 1. The Kier molecular flexibility index (Phi) is 6.84. The van der Waals surface area contributed by atoms with Crippen molar-refractivity contribution in [1.82, 2.24) is 5.32 Å². The molecule has 0 fully saturated rings. The van der Waals surface area contributed by atoms with E-state index in [0.717, 1.165) is 11.6 Å². The maximum Gasteiger partial charge on any atom is 0.321 e. The molecule has 9 nitrogen and oxygen atoms in total. The second-order valence-corrected chi connectivity index (χ2v) is 5.86. The number of nitrogens with one attached hydrogen (secondary N) is 2. The number of rotatable bonds is 9. The van der Waals surface area contributed by atoms with Crippen molar-refractivity contribution < 1.29 is 19.6 Å². The molecule has 27 heavy (non-hydrogen) atoms. The summed E-state index contributed by atoms with van der Waals surface area (Å²) in [7, 11) is 0. The average Bonchev–Trinajstić information content (AvgIpc) is 2.63. The van der Waals surface area contributed by atoms with E-state index in [1.165, 1.54) is 12.1 Å². The maximum atomic E-state index is 12.1. The van der Waals surface area contributed by atoms with Gasteiger partial charge in [-0.2, -0.15) is 0 Å². The summed E-state index contributed by atoms with van der Waals surface area (Å²) in [6, 6.07) is 12.3. The second-order valence-electron chi connectivity index (χ2n) is 5.86. The van der Waals surface area contributed by atoms with Gasteiger partial charge in [0.15, 0.2) is 0 Å². The van der Waals surface area contributed by atoms with Crippen molar-refractivity contribution in [3.8, 4) is 0 Å². The summed E-state index contributed by atoms with van der Waals surface area (Å²) in [6.07, 6.45) is 0.304. The minimum absolute atomic E-state index is 0.0241. The molecule has 1 unspecified atom stereocenters. The van der Waals surface area contributed by atoms with Crippen LogP contribution in [0, 0.1) is 10.1 Å². The quantitative estimate of drug-likeness (QED) is 0.298. The number of anilines is 2. The van der Waals surface area contributed by atoms with Crippen molar-refractivity contribution in [2.45, 2.75) is 18.9 Å². The van der Waals surface area contributed by atoms with E-state index in [4.69, 9.17) is 5.73 Å². The van der Waals surface area contributed by atoms with Crippen molar-refractivity contribution in [2.75, 3.05) is 17.6 Å². The zero-order valence-corrected chi connectivity index (χ0v) is 14.4. The molecule has 0 aliphatic carbocycles. The standard InChI is InChI=1S/C18H20N4O5/c19-14-7-6-13(10-16(14)22(26)27)21-17(23)11-15(18(24)25)20-9-8-12-4-2-1-3-5-12/h1-7,10,15,20H,8-9,11,19H2,(H,21,23)(H,24,25). The second kappa shape index (κ2) is 9.30. The Bertz CT molecular complexity index is 826. The van der Waals surface area contributed by atoms with Gasteiger partial charge in [-0.1, -0.05) is 30.3 Å². The number of hydrogen-bond donors (Lipinski definition) is 4. The van der Waals surface area contributed by atoms with Gasteiger partial charge in [-0.3, -0.25) is 19.7 Å². The Balaban J connectivity index is 1.91. The smallest absolute Gasteiger partial charge is 0.321 e. The van der Waals surface area contributed by atoms with Crippen LogP contribution in [0.4, 0.5) is 17.1 Å². The molecule has 142 valence electrons. The molecule has 1 amide bonds. The maximum absolute atomic E-state index is 12.1. The molecule has 0 bridgehead atoms. The first-order chi connectivity index (χ1) is 12.9. The Labute approximate surface area is 155 Å². The zero-order valence-electron chi connectivity index (χ0n) is 14.4. The van der Waals surface area contributed by atoms with Crippen LogP contribution in [0.2, 0.25) is 0 Å². The first kappa shape index (κ1) is 19.9. The van der Waals surface area contributed by atoms with Gasteiger partial charge in [-0.15, -0.1) is 0 Å². The number of aliphatic carboxylic acids is 1. The van der Waals surface area contributed by atoms with Crippen LogP contribution in [0.5, 0.6) is 0 Å². The number of nitrogen functional groups attached to an aromatic ring is 1. The topological polar surface area (TPSA) is 148 Å². The highest BCUT2D eigenvalue weighted by Crippen LogP contribution is 2.25. The molecule has 0 aliphatic heterocycles. The lowest BCUT2D eigenvalue weighted by Gasteiger charge is -2.14. The summed E-state index contributed by atoms with van der Waals surface area (Å²) < 4.78 is 0. The Morgan fingerprint density at radius 2 is 1.89 bits per heavy atom. The van der Waals surface area contributed by atoms with E-state index >= 15 is 0 Å². The van der Waals surface area contributed by atoms with Crippen LogP contribution in [0.25, 0.3) is 0 Å². The van der Waals surface area contributed by atoms with Crippen LogP contribution < -0.4 is 16.4 Å². The van der Waals surface area contributed by atoms with Crippen molar-refractivity contribution >= 4 is 28.9 Å². The van der Waals surface area contributed by atoms with Gasteiger partial charge in [0, 0.05) is 11.8 Å². The molecule has 5 N–H and O–H groups in total. The van der Waals surface area contributed by atoms with E-state index in [0.29, 0.717) is 13.0 Å². The van der Waals surface area contributed by atoms with E-state index in [1.54, 1.807) is 0 Å². The molecule has 0 saturated carbocycles. The predicted octanol–water partition coefficient (Wildman–Crippen LogP) is 1.79. The van der Waals surface area contributed by atoms with Gasteiger partial charge in [-0.05, 0) is 30.7 Å². The monoisotopic (exact) mass is 372 g/mol. The largest absolute Gasteiger partial charge is 0.480 e. The molecular formula is C18H20N4O5. The normalized spacial score (nSPS) is 11.6. The van der Waals surface area contributed by atoms with Gasteiger partial charge >= 0.3 is 5.97 Å². The van der Waals surface area contributed by atoms with E-state index in [9.17, 15) is 24.8 Å². The molecule has 0 radical (unpaired) electrons. The van der Waals surface area contributed by atoms with Gasteiger partial charge in [0.1, 0.15) is 11.7 Å². The van der Waals surface area contributed by atoms with Gasteiger partial charge in [-0.25, -0.2) is 0 Å². The van der Waals surface area contributed by atoms with Crippen molar-refractivity contribution in [2.24, 2.45) is 0 Å². The number of nitrogens with zero attached hydrogens (tertiary/aromatic N) is 1. The lowest BCUT2D eigenvalue weighted by atomic mass is 10.1. The third kappa shape index (κ3) is 6.08. The molecule has 9 heteroatoms. The van der Waals surface area contributed by atoms with Crippen molar-refractivity contribution in [3.05, 3.63) is 64.2 Å². The van der Waals surface area contributed by atoms with Gasteiger partial charge in [0.05, 0.1) is 11.3 Å².